The first kappa shape index (κ1) is 34.0. The average molecular weight is 746 g/mol. The van der Waals surface area contributed by atoms with Gasteiger partial charge in [0.2, 0.25) is 0 Å². The number of halogens is 1. The summed E-state index contributed by atoms with van der Waals surface area (Å²) in [5.41, 5.74) is 4.63. The highest BCUT2D eigenvalue weighted by Crippen LogP contribution is 2.35. The lowest BCUT2D eigenvalue weighted by atomic mass is 10.0. The highest BCUT2D eigenvalue weighted by Gasteiger charge is 2.25. The number of nitrogens with zero attached hydrogens (tertiary/aromatic N) is 2. The predicted octanol–water partition coefficient (Wildman–Crippen LogP) is 6.39. The van der Waals surface area contributed by atoms with E-state index in [2.05, 4.69) is 68.9 Å². The molecule has 1 atom stereocenters. The van der Waals surface area contributed by atoms with Gasteiger partial charge in [-0.05, 0) is 102 Å². The van der Waals surface area contributed by atoms with Crippen LogP contribution in [0.15, 0.2) is 89.8 Å². The van der Waals surface area contributed by atoms with Crippen molar-refractivity contribution < 1.29 is 33.0 Å². The highest BCUT2D eigenvalue weighted by atomic mass is 127. The van der Waals surface area contributed by atoms with Gasteiger partial charge in [0.05, 0.1) is 17.7 Å². The van der Waals surface area contributed by atoms with Crippen LogP contribution in [0, 0.1) is 3.57 Å². The van der Waals surface area contributed by atoms with E-state index >= 15 is 0 Å². The summed E-state index contributed by atoms with van der Waals surface area (Å²) in [5, 5.41) is 14.8. The van der Waals surface area contributed by atoms with Gasteiger partial charge in [-0.1, -0.05) is 43.2 Å². The lowest BCUT2D eigenvalue weighted by molar-refractivity contribution is -0.159. The molecule has 5 rings (SSSR count). The van der Waals surface area contributed by atoms with Gasteiger partial charge in [0, 0.05) is 40.2 Å². The molecular formula is C33H36IN3O7S. The molecule has 1 aromatic heterocycles. The third kappa shape index (κ3) is 8.65. The SMILES string of the molecule is COc1ccc(S(=O)(=O)N(C)c2ccc(I)cc2)cc1-c1ccc(CN2CCCCC[C@@H]2c2ccccc2)[nH]1.O=C(O)C(=O)O. The minimum absolute atomic E-state index is 0.215. The first-order valence-corrected chi connectivity index (χ1v) is 16.9. The molecule has 0 unspecified atom stereocenters. The number of aliphatic carboxylic acids is 2. The first-order valence-electron chi connectivity index (χ1n) is 14.4. The zero-order chi connectivity index (χ0) is 32.6. The van der Waals surface area contributed by atoms with E-state index in [1.54, 1.807) is 32.4 Å². The Morgan fingerprint density at radius 1 is 0.956 bits per heavy atom. The van der Waals surface area contributed by atoms with Gasteiger partial charge in [0.1, 0.15) is 5.75 Å². The lowest BCUT2D eigenvalue weighted by Crippen LogP contribution is -2.28. The second kappa shape index (κ2) is 15.4. The summed E-state index contributed by atoms with van der Waals surface area (Å²) in [4.78, 5) is 24.5. The number of sulfonamides is 1. The number of aromatic amines is 1. The Morgan fingerprint density at radius 2 is 1.64 bits per heavy atom. The Labute approximate surface area is 276 Å². The van der Waals surface area contributed by atoms with Crippen LogP contribution >= 0.6 is 22.6 Å². The van der Waals surface area contributed by atoms with E-state index in [9.17, 15) is 8.42 Å². The van der Waals surface area contributed by atoms with E-state index in [4.69, 9.17) is 24.5 Å². The number of likely N-dealkylation sites (tertiary alicyclic amines) is 1. The van der Waals surface area contributed by atoms with Crippen LogP contribution in [0.25, 0.3) is 11.3 Å². The van der Waals surface area contributed by atoms with E-state index in [-0.39, 0.29) is 4.90 Å². The van der Waals surface area contributed by atoms with E-state index in [1.165, 1.54) is 29.1 Å². The van der Waals surface area contributed by atoms with E-state index in [1.807, 2.05) is 30.3 Å². The molecule has 1 fully saturated rings. The number of H-pyrrole nitrogens is 1. The van der Waals surface area contributed by atoms with Crippen LogP contribution in [0.3, 0.4) is 0 Å². The lowest BCUT2D eigenvalue weighted by Gasteiger charge is -2.30. The maximum Gasteiger partial charge on any atom is 0.414 e. The van der Waals surface area contributed by atoms with E-state index in [0.29, 0.717) is 17.5 Å². The highest BCUT2D eigenvalue weighted by molar-refractivity contribution is 14.1. The number of hydrogen-bond donors (Lipinski definition) is 3. The Kier molecular flexibility index (Phi) is 11.6. The summed E-state index contributed by atoms with van der Waals surface area (Å²) in [6, 6.07) is 27.7. The molecule has 0 spiro atoms. The Morgan fingerprint density at radius 3 is 2.29 bits per heavy atom. The summed E-state index contributed by atoms with van der Waals surface area (Å²) in [6.45, 7) is 1.85. The molecular weight excluding hydrogens is 709 g/mol. The molecule has 0 amide bonds. The maximum atomic E-state index is 13.5. The molecule has 1 aliphatic heterocycles. The van der Waals surface area contributed by atoms with Crippen LogP contribution in [-0.2, 0) is 26.2 Å². The number of ether oxygens (including phenoxy) is 1. The number of carbonyl (C=O) groups is 2. The van der Waals surface area contributed by atoms with Crippen molar-refractivity contribution in [1.29, 1.82) is 0 Å². The molecule has 45 heavy (non-hydrogen) atoms. The fraction of sp³-hybridized carbons (Fsp3) is 0.273. The minimum atomic E-state index is -3.77. The smallest absolute Gasteiger partial charge is 0.414 e. The Hall–Kier alpha value is -3.88. The number of benzene rings is 3. The van der Waals surface area contributed by atoms with Crippen LogP contribution in [-0.4, -0.2) is 61.2 Å². The van der Waals surface area contributed by atoms with Gasteiger partial charge < -0.3 is 19.9 Å². The summed E-state index contributed by atoms with van der Waals surface area (Å²) < 4.78 is 35.1. The minimum Gasteiger partial charge on any atom is -0.496 e. The third-order valence-electron chi connectivity index (χ3n) is 7.66. The molecule has 0 radical (unpaired) electrons. The first-order chi connectivity index (χ1) is 21.5. The number of aromatic nitrogens is 1. The molecule has 10 nitrogen and oxygen atoms in total. The topological polar surface area (TPSA) is 140 Å². The largest absolute Gasteiger partial charge is 0.496 e. The van der Waals surface area contributed by atoms with Crippen molar-refractivity contribution in [2.75, 3.05) is 25.0 Å². The average Bonchev–Trinajstić information content (AvgIpc) is 3.38. The zero-order valence-electron chi connectivity index (χ0n) is 25.0. The van der Waals surface area contributed by atoms with Gasteiger partial charge in [-0.3, -0.25) is 9.21 Å². The van der Waals surface area contributed by atoms with Crippen LogP contribution in [0.5, 0.6) is 5.75 Å². The van der Waals surface area contributed by atoms with Gasteiger partial charge in [-0.15, -0.1) is 0 Å². The van der Waals surface area contributed by atoms with E-state index in [0.717, 1.165) is 40.0 Å². The standard InChI is InChI=1S/C31H34IN3O3S.C2H2O4/c1-34(26-15-12-24(32)13-16-26)39(36,37)27-17-19-31(38-2)28(21-27)29-18-14-25(33-29)22-35-20-8-4-7-11-30(35)23-9-5-3-6-10-23;3-1(4)2(5)6/h3,5-6,9-10,12-19,21,30,33H,4,7-8,11,20,22H2,1-2H3;(H,3,4)(H,5,6)/t30-;/m1./s1. The number of anilines is 1. The fourth-order valence-corrected chi connectivity index (χ4v) is 6.91. The zero-order valence-corrected chi connectivity index (χ0v) is 28.0. The third-order valence-corrected chi connectivity index (χ3v) is 10.2. The quantitative estimate of drug-likeness (QED) is 0.139. The molecule has 238 valence electrons. The van der Waals surface area contributed by atoms with Gasteiger partial charge in [0.25, 0.3) is 10.0 Å². The van der Waals surface area contributed by atoms with Crippen molar-refractivity contribution in [3.63, 3.8) is 0 Å². The summed E-state index contributed by atoms with van der Waals surface area (Å²) >= 11 is 2.21. The van der Waals surface area contributed by atoms with Crippen molar-refractivity contribution in [2.45, 2.75) is 43.2 Å². The molecule has 1 aliphatic rings. The molecule has 0 bridgehead atoms. The fourth-order valence-electron chi connectivity index (χ4n) is 5.32. The van der Waals surface area contributed by atoms with Gasteiger partial charge >= 0.3 is 11.9 Å². The number of nitrogens with one attached hydrogen (secondary N) is 1. The summed E-state index contributed by atoms with van der Waals surface area (Å²) in [5.74, 6) is -3.03. The van der Waals surface area contributed by atoms with Crippen molar-refractivity contribution >= 4 is 50.2 Å². The Bertz CT molecular complexity index is 1700. The molecule has 4 aromatic rings. The van der Waals surface area contributed by atoms with E-state index < -0.39 is 22.0 Å². The number of rotatable bonds is 8. The molecule has 3 aromatic carbocycles. The van der Waals surface area contributed by atoms with Crippen LogP contribution in [0.2, 0.25) is 0 Å². The number of hydrogen-bond acceptors (Lipinski definition) is 6. The molecule has 12 heteroatoms. The normalized spacial score (nSPS) is 15.3. The summed E-state index contributed by atoms with van der Waals surface area (Å²) in [6.07, 6.45) is 4.84. The molecule has 1 saturated heterocycles. The van der Waals surface area contributed by atoms with Gasteiger partial charge in [-0.25, -0.2) is 18.0 Å². The molecule has 2 heterocycles. The number of carboxylic acid groups (broad SMARTS) is 2. The van der Waals surface area contributed by atoms with Gasteiger partial charge in [-0.2, -0.15) is 0 Å². The summed E-state index contributed by atoms with van der Waals surface area (Å²) in [7, 11) is -0.576. The molecule has 0 aliphatic carbocycles. The molecule has 0 saturated carbocycles. The van der Waals surface area contributed by atoms with Crippen LogP contribution in [0.1, 0.15) is 43.0 Å². The predicted molar refractivity (Wildman–Crippen MR) is 181 cm³/mol. The van der Waals surface area contributed by atoms with Crippen LogP contribution in [0.4, 0.5) is 5.69 Å². The van der Waals surface area contributed by atoms with Gasteiger partial charge in [0.15, 0.2) is 0 Å². The van der Waals surface area contributed by atoms with Crippen molar-refractivity contribution in [3.05, 3.63) is 99.8 Å². The second-order valence-electron chi connectivity index (χ2n) is 10.6. The van der Waals surface area contributed by atoms with Crippen LogP contribution < -0.4 is 9.04 Å². The second-order valence-corrected chi connectivity index (χ2v) is 13.8. The van der Waals surface area contributed by atoms with Crippen molar-refractivity contribution in [3.8, 4) is 17.0 Å². The Balaban J connectivity index is 0.000000700. The van der Waals surface area contributed by atoms with Crippen molar-refractivity contribution in [1.82, 2.24) is 9.88 Å². The number of methoxy groups -OCH3 is 1. The van der Waals surface area contributed by atoms with Crippen molar-refractivity contribution in [2.24, 2.45) is 0 Å². The molecule has 3 N–H and O–H groups in total. The maximum absolute atomic E-state index is 13.5. The number of carboxylic acids is 2. The monoisotopic (exact) mass is 745 g/mol.